The number of halogens is 1. The van der Waals surface area contributed by atoms with E-state index in [0.29, 0.717) is 16.3 Å². The number of Topliss-reactive ketones (excluding diaryl/α,β-unsaturated/α-hetero) is 1. The Morgan fingerprint density at radius 2 is 1.81 bits per heavy atom. The molecule has 1 aliphatic rings. The Morgan fingerprint density at radius 1 is 1.19 bits per heavy atom. The van der Waals surface area contributed by atoms with Crippen molar-refractivity contribution in [2.45, 2.75) is 33.7 Å². The summed E-state index contributed by atoms with van der Waals surface area (Å²) in [6.45, 7) is 7.13. The Hall–Kier alpha value is -2.66. The molecule has 1 aromatic heterocycles. The quantitative estimate of drug-likeness (QED) is 0.842. The summed E-state index contributed by atoms with van der Waals surface area (Å²) in [5.41, 5.74) is 1.39. The van der Waals surface area contributed by atoms with Crippen LogP contribution in [0.2, 0.25) is 5.02 Å². The molecule has 0 radical (unpaired) electrons. The fourth-order valence-electron chi connectivity index (χ4n) is 3.19. The van der Waals surface area contributed by atoms with Crippen LogP contribution in [0.3, 0.4) is 0 Å². The zero-order chi connectivity index (χ0) is 19.9. The van der Waals surface area contributed by atoms with Crippen molar-refractivity contribution in [3.8, 4) is 0 Å². The summed E-state index contributed by atoms with van der Waals surface area (Å²) < 4.78 is 0. The van der Waals surface area contributed by atoms with E-state index in [1.807, 2.05) is 6.92 Å². The van der Waals surface area contributed by atoms with Gasteiger partial charge in [-0.15, -0.1) is 0 Å². The van der Waals surface area contributed by atoms with E-state index in [-0.39, 0.29) is 11.4 Å². The number of aliphatic hydroxyl groups excluding tert-OH is 1. The number of anilines is 1. The zero-order valence-corrected chi connectivity index (χ0v) is 16.4. The van der Waals surface area contributed by atoms with Crippen LogP contribution in [0, 0.1) is 12.3 Å². The van der Waals surface area contributed by atoms with Crippen LogP contribution in [-0.4, -0.2) is 21.8 Å². The number of aryl methyl sites for hydroxylation is 1. The minimum atomic E-state index is -0.756. The molecule has 140 valence electrons. The van der Waals surface area contributed by atoms with Crippen molar-refractivity contribution >= 4 is 29.0 Å². The van der Waals surface area contributed by atoms with Gasteiger partial charge < -0.3 is 5.11 Å². The van der Waals surface area contributed by atoms with Gasteiger partial charge in [-0.05, 0) is 42.3 Å². The maximum Gasteiger partial charge on any atom is 0.294 e. The van der Waals surface area contributed by atoms with Gasteiger partial charge in [0.15, 0.2) is 11.5 Å². The van der Waals surface area contributed by atoms with Gasteiger partial charge in [0.2, 0.25) is 0 Å². The van der Waals surface area contributed by atoms with Crippen molar-refractivity contribution in [2.24, 2.45) is 5.41 Å². The molecule has 5 nitrogen and oxygen atoms in total. The van der Waals surface area contributed by atoms with Crippen LogP contribution < -0.4 is 4.90 Å². The third-order valence-corrected chi connectivity index (χ3v) is 4.82. The number of rotatable bonds is 3. The van der Waals surface area contributed by atoms with Gasteiger partial charge in [-0.1, -0.05) is 38.4 Å². The Kier molecular flexibility index (Phi) is 4.82. The lowest BCUT2D eigenvalue weighted by Crippen LogP contribution is -2.33. The number of carbonyl (C=O) groups excluding carboxylic acids is 2. The Labute approximate surface area is 163 Å². The van der Waals surface area contributed by atoms with E-state index in [0.717, 1.165) is 5.56 Å². The van der Waals surface area contributed by atoms with Crippen molar-refractivity contribution in [3.05, 3.63) is 70.2 Å². The monoisotopic (exact) mass is 384 g/mol. The van der Waals surface area contributed by atoms with E-state index in [4.69, 9.17) is 11.6 Å². The highest BCUT2D eigenvalue weighted by Gasteiger charge is 2.47. The molecule has 0 bridgehead atoms. The molecule has 27 heavy (non-hydrogen) atoms. The normalized spacial score (nSPS) is 17.6. The molecule has 6 heteroatoms. The van der Waals surface area contributed by atoms with Gasteiger partial charge in [0, 0.05) is 28.5 Å². The number of hydrogen-bond donors (Lipinski definition) is 1. The van der Waals surface area contributed by atoms with Gasteiger partial charge in [-0.2, -0.15) is 0 Å². The molecular weight excluding hydrogens is 364 g/mol. The molecule has 0 spiro atoms. The van der Waals surface area contributed by atoms with E-state index < -0.39 is 23.1 Å². The van der Waals surface area contributed by atoms with Crippen molar-refractivity contribution in [1.82, 2.24) is 4.98 Å². The first-order valence-electron chi connectivity index (χ1n) is 8.60. The number of ketones is 1. The molecule has 3 rings (SSSR count). The minimum absolute atomic E-state index is 0.0954. The molecule has 1 amide bonds. The number of benzene rings is 1. The molecular formula is C21H21ClN2O3. The van der Waals surface area contributed by atoms with Gasteiger partial charge in [-0.3, -0.25) is 19.5 Å². The van der Waals surface area contributed by atoms with Crippen molar-refractivity contribution in [1.29, 1.82) is 0 Å². The lowest BCUT2D eigenvalue weighted by molar-refractivity contribution is -0.123. The molecule has 1 atom stereocenters. The average Bonchev–Trinajstić information content (AvgIpc) is 2.88. The summed E-state index contributed by atoms with van der Waals surface area (Å²) in [7, 11) is 0. The van der Waals surface area contributed by atoms with Gasteiger partial charge in [0.1, 0.15) is 0 Å². The van der Waals surface area contributed by atoms with Gasteiger partial charge in [0.25, 0.3) is 5.91 Å². The Balaban J connectivity index is 2.25. The molecule has 1 unspecified atom stereocenters. The molecule has 1 aromatic carbocycles. The number of aliphatic hydroxyl groups is 1. The van der Waals surface area contributed by atoms with Crippen molar-refractivity contribution in [2.75, 3.05) is 4.90 Å². The average molecular weight is 385 g/mol. The predicted octanol–water partition coefficient (Wildman–Crippen LogP) is 4.56. The number of hydrogen-bond acceptors (Lipinski definition) is 4. The second kappa shape index (κ2) is 6.82. The molecule has 0 saturated carbocycles. The SMILES string of the molecule is Cc1ccc(Cl)cc1N1C(=O)C(O)=C(C(=O)C(C)(C)C)C1c1ccncc1. The standard InChI is InChI=1S/C21H21ClN2O3/c1-12-5-6-14(22)11-15(12)24-17(13-7-9-23-10-8-13)16(18(25)20(24)27)19(26)21(2,3)4/h5-11,17,25H,1-4H3. The Morgan fingerprint density at radius 3 is 2.41 bits per heavy atom. The number of aromatic nitrogens is 1. The summed E-state index contributed by atoms with van der Waals surface area (Å²) in [6.07, 6.45) is 3.19. The van der Waals surface area contributed by atoms with Crippen molar-refractivity contribution in [3.63, 3.8) is 0 Å². The van der Waals surface area contributed by atoms with Crippen LogP contribution >= 0.6 is 11.6 Å². The maximum atomic E-state index is 13.1. The summed E-state index contributed by atoms with van der Waals surface area (Å²) in [6, 6.07) is 7.93. The maximum absolute atomic E-state index is 13.1. The topological polar surface area (TPSA) is 70.5 Å². The molecule has 1 N–H and O–H groups in total. The van der Waals surface area contributed by atoms with Crippen LogP contribution in [0.1, 0.15) is 37.9 Å². The van der Waals surface area contributed by atoms with Crippen LogP contribution in [0.25, 0.3) is 0 Å². The molecule has 1 aliphatic heterocycles. The van der Waals surface area contributed by atoms with Gasteiger partial charge in [0.05, 0.1) is 11.6 Å². The largest absolute Gasteiger partial charge is 0.503 e. The first kappa shape index (κ1) is 19.1. The zero-order valence-electron chi connectivity index (χ0n) is 15.7. The second-order valence-electron chi connectivity index (χ2n) is 7.63. The second-order valence-corrected chi connectivity index (χ2v) is 8.07. The van der Waals surface area contributed by atoms with E-state index in [1.165, 1.54) is 4.90 Å². The summed E-state index contributed by atoms with van der Waals surface area (Å²) >= 11 is 6.15. The van der Waals surface area contributed by atoms with E-state index in [1.54, 1.807) is 63.5 Å². The van der Waals surface area contributed by atoms with E-state index in [9.17, 15) is 14.7 Å². The molecule has 2 aromatic rings. The van der Waals surface area contributed by atoms with E-state index >= 15 is 0 Å². The van der Waals surface area contributed by atoms with E-state index in [2.05, 4.69) is 4.98 Å². The van der Waals surface area contributed by atoms with Crippen LogP contribution in [0.5, 0.6) is 0 Å². The predicted molar refractivity (Wildman–Crippen MR) is 105 cm³/mol. The number of nitrogens with zero attached hydrogens (tertiary/aromatic N) is 2. The third-order valence-electron chi connectivity index (χ3n) is 4.59. The number of pyridine rings is 1. The summed E-state index contributed by atoms with van der Waals surface area (Å²) in [5.74, 6) is -1.41. The fourth-order valence-corrected chi connectivity index (χ4v) is 3.36. The van der Waals surface area contributed by atoms with Crippen LogP contribution in [0.15, 0.2) is 54.1 Å². The highest BCUT2D eigenvalue weighted by Crippen LogP contribution is 2.44. The smallest absolute Gasteiger partial charge is 0.294 e. The fraction of sp³-hybridized carbons (Fsp3) is 0.286. The lowest BCUT2D eigenvalue weighted by atomic mass is 9.82. The molecule has 0 aliphatic carbocycles. The number of amides is 1. The Bertz CT molecular complexity index is 946. The first-order valence-corrected chi connectivity index (χ1v) is 8.98. The summed E-state index contributed by atoms with van der Waals surface area (Å²) in [5, 5.41) is 11.1. The third kappa shape index (κ3) is 3.35. The first-order chi connectivity index (χ1) is 12.6. The molecule has 0 saturated heterocycles. The number of carbonyl (C=O) groups is 2. The van der Waals surface area contributed by atoms with Crippen LogP contribution in [-0.2, 0) is 9.59 Å². The van der Waals surface area contributed by atoms with Crippen LogP contribution in [0.4, 0.5) is 5.69 Å². The van der Waals surface area contributed by atoms with Crippen molar-refractivity contribution < 1.29 is 14.7 Å². The van der Waals surface area contributed by atoms with Gasteiger partial charge in [-0.25, -0.2) is 0 Å². The highest BCUT2D eigenvalue weighted by atomic mass is 35.5. The molecule has 2 heterocycles. The molecule has 0 fully saturated rings. The highest BCUT2D eigenvalue weighted by molar-refractivity contribution is 6.31. The summed E-state index contributed by atoms with van der Waals surface area (Å²) in [4.78, 5) is 31.5. The minimum Gasteiger partial charge on any atom is -0.503 e. The van der Waals surface area contributed by atoms with Gasteiger partial charge >= 0.3 is 0 Å². The lowest BCUT2D eigenvalue weighted by Gasteiger charge is -2.30.